The second kappa shape index (κ2) is 8.59. The molecule has 0 bridgehead atoms. The summed E-state index contributed by atoms with van der Waals surface area (Å²) in [5.41, 5.74) is 3.10. The largest absolute Gasteiger partial charge is 0.338 e. The molecule has 2 aromatic heterocycles. The van der Waals surface area contributed by atoms with Crippen LogP contribution in [0, 0.1) is 0 Å². The van der Waals surface area contributed by atoms with Crippen LogP contribution in [0.5, 0.6) is 0 Å². The van der Waals surface area contributed by atoms with Gasteiger partial charge in [0.2, 0.25) is 0 Å². The first kappa shape index (κ1) is 22.6. The number of carbonyl (C=O) groups is 1. The average molecular weight is 471 g/mol. The SMILES string of the molecule is CC(N1CCCC1)N1Cc2cc3[nH]c(-c4c(Cl)cc[nH]c4=O)nc3cc2C1=O.Cl.Cl. The minimum Gasteiger partial charge on any atom is -0.338 e. The summed E-state index contributed by atoms with van der Waals surface area (Å²) >= 11 is 6.19. The van der Waals surface area contributed by atoms with Crippen LogP contribution in [0.25, 0.3) is 22.4 Å². The number of nitrogens with one attached hydrogen (secondary N) is 2. The van der Waals surface area contributed by atoms with Gasteiger partial charge < -0.3 is 14.9 Å². The second-order valence-electron chi connectivity index (χ2n) is 7.45. The molecule has 10 heteroatoms. The molecule has 0 radical (unpaired) electrons. The molecule has 1 amide bonds. The van der Waals surface area contributed by atoms with Crippen LogP contribution < -0.4 is 5.56 Å². The average Bonchev–Trinajstić information content (AvgIpc) is 3.39. The van der Waals surface area contributed by atoms with Gasteiger partial charge in [0.05, 0.1) is 22.2 Å². The van der Waals surface area contributed by atoms with Crippen molar-refractivity contribution < 1.29 is 4.79 Å². The summed E-state index contributed by atoms with van der Waals surface area (Å²) in [4.78, 5) is 39.8. The first-order chi connectivity index (χ1) is 13.5. The Labute approximate surface area is 190 Å². The Morgan fingerprint density at radius 1 is 1.17 bits per heavy atom. The molecule has 1 fully saturated rings. The van der Waals surface area contributed by atoms with Crippen LogP contribution in [-0.2, 0) is 6.54 Å². The van der Waals surface area contributed by atoms with Gasteiger partial charge in [-0.2, -0.15) is 0 Å². The highest BCUT2D eigenvalue weighted by molar-refractivity contribution is 6.33. The topological polar surface area (TPSA) is 85.1 Å². The number of benzene rings is 1. The normalized spacial score (nSPS) is 17.0. The minimum atomic E-state index is -0.305. The van der Waals surface area contributed by atoms with Gasteiger partial charge in [-0.1, -0.05) is 11.6 Å². The Bertz CT molecular complexity index is 1150. The van der Waals surface area contributed by atoms with Gasteiger partial charge in [0, 0.05) is 31.4 Å². The number of rotatable bonds is 3. The zero-order valence-electron chi connectivity index (χ0n) is 16.3. The van der Waals surface area contributed by atoms with Crippen LogP contribution in [0.3, 0.4) is 0 Å². The fourth-order valence-corrected chi connectivity index (χ4v) is 4.49. The van der Waals surface area contributed by atoms with Crippen molar-refractivity contribution in [3.8, 4) is 11.4 Å². The molecule has 4 heterocycles. The van der Waals surface area contributed by atoms with E-state index in [0.29, 0.717) is 34.0 Å². The van der Waals surface area contributed by atoms with Crippen molar-refractivity contribution in [3.05, 3.63) is 50.9 Å². The zero-order chi connectivity index (χ0) is 19.4. The number of nitrogens with zero attached hydrogens (tertiary/aromatic N) is 3. The molecule has 5 rings (SSSR count). The minimum absolute atomic E-state index is 0. The molecule has 0 saturated carbocycles. The van der Waals surface area contributed by atoms with Crippen molar-refractivity contribution >= 4 is 53.4 Å². The number of likely N-dealkylation sites (tertiary alicyclic amines) is 1. The Hall–Kier alpha value is -2.06. The highest BCUT2D eigenvalue weighted by Gasteiger charge is 2.34. The van der Waals surface area contributed by atoms with E-state index >= 15 is 0 Å². The maximum atomic E-state index is 13.0. The van der Waals surface area contributed by atoms with E-state index in [1.807, 2.05) is 17.0 Å². The molecule has 0 spiro atoms. The van der Waals surface area contributed by atoms with Gasteiger partial charge in [-0.25, -0.2) is 4.98 Å². The number of H-pyrrole nitrogens is 2. The Morgan fingerprint density at radius 2 is 1.90 bits per heavy atom. The van der Waals surface area contributed by atoms with Gasteiger partial charge in [0.15, 0.2) is 0 Å². The third-order valence-corrected chi connectivity index (χ3v) is 6.12. The number of aromatic amines is 2. The summed E-state index contributed by atoms with van der Waals surface area (Å²) in [6.45, 7) is 4.77. The standard InChI is InChI=1S/C20H20ClN5O2.2ClH/c1-11(25-6-2-3-7-25)26-10-12-8-15-16(9-13(12)20(26)28)24-18(23-15)17-14(21)4-5-22-19(17)27;;/h4-5,8-9,11H,2-3,6-7,10H2,1H3,(H,22,27)(H,23,24);2*1H. The van der Waals surface area contributed by atoms with E-state index in [4.69, 9.17) is 11.6 Å². The van der Waals surface area contributed by atoms with Gasteiger partial charge in [-0.15, -0.1) is 24.8 Å². The number of pyridine rings is 1. The molecular formula is C20H22Cl3N5O2. The highest BCUT2D eigenvalue weighted by atomic mass is 35.5. The lowest BCUT2D eigenvalue weighted by Crippen LogP contribution is -2.45. The third kappa shape index (κ3) is 3.60. The number of amides is 1. The van der Waals surface area contributed by atoms with E-state index in [-0.39, 0.29) is 42.4 Å². The number of hydrogen-bond acceptors (Lipinski definition) is 4. The fraction of sp³-hybridized carbons (Fsp3) is 0.350. The molecular weight excluding hydrogens is 449 g/mol. The van der Waals surface area contributed by atoms with E-state index in [1.165, 1.54) is 19.0 Å². The van der Waals surface area contributed by atoms with Gasteiger partial charge >= 0.3 is 0 Å². The molecule has 7 nitrogen and oxygen atoms in total. The summed E-state index contributed by atoms with van der Waals surface area (Å²) in [6, 6.07) is 5.39. The van der Waals surface area contributed by atoms with E-state index in [0.717, 1.165) is 24.2 Å². The van der Waals surface area contributed by atoms with Crippen molar-refractivity contribution in [2.75, 3.05) is 13.1 Å². The van der Waals surface area contributed by atoms with Crippen LogP contribution in [0.15, 0.2) is 29.2 Å². The quantitative estimate of drug-likeness (QED) is 0.609. The lowest BCUT2D eigenvalue weighted by Gasteiger charge is -2.32. The summed E-state index contributed by atoms with van der Waals surface area (Å²) < 4.78 is 0. The smallest absolute Gasteiger partial charge is 0.260 e. The van der Waals surface area contributed by atoms with E-state index in [2.05, 4.69) is 26.8 Å². The predicted molar refractivity (Wildman–Crippen MR) is 122 cm³/mol. The lowest BCUT2D eigenvalue weighted by atomic mass is 10.1. The molecule has 30 heavy (non-hydrogen) atoms. The maximum absolute atomic E-state index is 13.0. The summed E-state index contributed by atoms with van der Waals surface area (Å²) in [5.74, 6) is 0.441. The number of aromatic nitrogens is 3. The number of fused-ring (bicyclic) bond motifs is 2. The molecule has 1 unspecified atom stereocenters. The van der Waals surface area contributed by atoms with E-state index in [1.54, 1.807) is 6.07 Å². The Kier molecular flexibility index (Phi) is 6.48. The van der Waals surface area contributed by atoms with Crippen molar-refractivity contribution in [1.82, 2.24) is 24.8 Å². The lowest BCUT2D eigenvalue weighted by molar-refractivity contribution is 0.0463. The van der Waals surface area contributed by atoms with E-state index in [9.17, 15) is 9.59 Å². The van der Waals surface area contributed by atoms with Crippen LogP contribution in [-0.4, -0.2) is 49.9 Å². The number of halogens is 3. The maximum Gasteiger partial charge on any atom is 0.260 e. The first-order valence-electron chi connectivity index (χ1n) is 9.48. The van der Waals surface area contributed by atoms with Crippen LogP contribution in [0.1, 0.15) is 35.7 Å². The van der Waals surface area contributed by atoms with Crippen LogP contribution in [0.2, 0.25) is 5.02 Å². The molecule has 1 saturated heterocycles. The molecule has 1 atom stereocenters. The first-order valence-corrected chi connectivity index (χ1v) is 9.86. The molecule has 2 aliphatic heterocycles. The third-order valence-electron chi connectivity index (χ3n) is 5.81. The summed E-state index contributed by atoms with van der Waals surface area (Å²) in [5, 5.41) is 0.331. The number of imidazole rings is 1. The van der Waals surface area contributed by atoms with Gasteiger partial charge in [-0.3, -0.25) is 14.5 Å². The molecule has 2 N–H and O–H groups in total. The zero-order valence-corrected chi connectivity index (χ0v) is 18.7. The van der Waals surface area contributed by atoms with Crippen molar-refractivity contribution in [3.63, 3.8) is 0 Å². The second-order valence-corrected chi connectivity index (χ2v) is 7.86. The fourth-order valence-electron chi connectivity index (χ4n) is 4.25. The molecule has 1 aromatic carbocycles. The van der Waals surface area contributed by atoms with Crippen molar-refractivity contribution in [2.24, 2.45) is 0 Å². The van der Waals surface area contributed by atoms with E-state index < -0.39 is 0 Å². The van der Waals surface area contributed by atoms with Gasteiger partial charge in [0.1, 0.15) is 11.4 Å². The number of hydrogen-bond donors (Lipinski definition) is 2. The van der Waals surface area contributed by atoms with Crippen LogP contribution in [0.4, 0.5) is 0 Å². The predicted octanol–water partition coefficient (Wildman–Crippen LogP) is 3.81. The monoisotopic (exact) mass is 469 g/mol. The molecule has 2 aliphatic rings. The summed E-state index contributed by atoms with van der Waals surface area (Å²) in [7, 11) is 0. The van der Waals surface area contributed by atoms with Crippen molar-refractivity contribution in [2.45, 2.75) is 32.5 Å². The Morgan fingerprint density at radius 3 is 2.60 bits per heavy atom. The van der Waals surface area contributed by atoms with Gasteiger partial charge in [-0.05, 0) is 43.5 Å². The molecule has 3 aromatic rings. The van der Waals surface area contributed by atoms with Gasteiger partial charge in [0.25, 0.3) is 11.5 Å². The highest BCUT2D eigenvalue weighted by Crippen LogP contribution is 2.31. The number of carbonyl (C=O) groups excluding carboxylic acids is 1. The van der Waals surface area contributed by atoms with Crippen molar-refractivity contribution in [1.29, 1.82) is 0 Å². The summed E-state index contributed by atoms with van der Waals surface area (Å²) in [6.07, 6.45) is 3.97. The Balaban J connectivity index is 0.00000128. The molecule has 160 valence electrons. The molecule has 0 aliphatic carbocycles. The van der Waals surface area contributed by atoms with Crippen LogP contribution >= 0.6 is 36.4 Å².